The lowest BCUT2D eigenvalue weighted by atomic mass is 10.0. The van der Waals surface area contributed by atoms with Gasteiger partial charge in [-0.3, -0.25) is 0 Å². The molecule has 0 bridgehead atoms. The van der Waals surface area contributed by atoms with Crippen LogP contribution in [0.15, 0.2) is 28.8 Å². The quantitative estimate of drug-likeness (QED) is 0.876. The number of aromatic carboxylic acids is 1. The highest BCUT2D eigenvalue weighted by molar-refractivity contribution is 5.86. The molecule has 0 fully saturated rings. The van der Waals surface area contributed by atoms with Crippen LogP contribution in [-0.2, 0) is 0 Å². The molecule has 0 aliphatic heterocycles. The Morgan fingerprint density at radius 1 is 1.44 bits per heavy atom. The second kappa shape index (κ2) is 4.48. The fourth-order valence-electron chi connectivity index (χ4n) is 1.51. The molecule has 0 spiro atoms. The molecule has 1 aromatic carbocycles. The summed E-state index contributed by atoms with van der Waals surface area (Å²) in [5, 5.41) is 21.9. The van der Waals surface area contributed by atoms with Gasteiger partial charge in [-0.25, -0.2) is 9.18 Å². The van der Waals surface area contributed by atoms with Gasteiger partial charge in [0.25, 0.3) is 0 Å². The summed E-state index contributed by atoms with van der Waals surface area (Å²) >= 11 is 0. The predicted molar refractivity (Wildman–Crippen MR) is 60.1 cm³/mol. The number of hydrogen-bond acceptors (Lipinski definition) is 4. The van der Waals surface area contributed by atoms with Crippen molar-refractivity contribution in [2.24, 2.45) is 0 Å². The van der Waals surface area contributed by atoms with Gasteiger partial charge in [0.05, 0.1) is 0 Å². The van der Waals surface area contributed by atoms with Crippen LogP contribution in [0.5, 0.6) is 5.75 Å². The van der Waals surface area contributed by atoms with E-state index in [1.807, 2.05) is 0 Å². The minimum atomic E-state index is -1.26. The van der Waals surface area contributed by atoms with E-state index >= 15 is 0 Å². The molecule has 2 rings (SSSR count). The molecule has 1 atom stereocenters. The molecular formula is C12H10FNO4. The van der Waals surface area contributed by atoms with Crippen LogP contribution in [0.25, 0.3) is 11.3 Å². The first-order valence-corrected chi connectivity index (χ1v) is 5.16. The predicted octanol–water partition coefficient (Wildman–Crippen LogP) is 2.78. The van der Waals surface area contributed by atoms with Gasteiger partial charge in [-0.05, 0) is 24.6 Å². The van der Waals surface area contributed by atoms with E-state index in [0.717, 1.165) is 0 Å². The third-order valence-electron chi connectivity index (χ3n) is 2.48. The van der Waals surface area contributed by atoms with E-state index in [0.29, 0.717) is 5.56 Å². The standard InChI is InChI=1S/C12H10FNO4/c1-6(13)7-2-3-10(15)8(4-7)9-5-11(12(16)17)18-14-9/h2-6,15H,1H3,(H,16,17). The second-order valence-electron chi connectivity index (χ2n) is 3.77. The van der Waals surface area contributed by atoms with Crippen LogP contribution in [-0.4, -0.2) is 21.3 Å². The number of hydrogen-bond donors (Lipinski definition) is 2. The maximum absolute atomic E-state index is 13.2. The van der Waals surface area contributed by atoms with Gasteiger partial charge in [0.1, 0.15) is 17.6 Å². The van der Waals surface area contributed by atoms with Gasteiger partial charge < -0.3 is 14.7 Å². The number of carbonyl (C=O) groups is 1. The number of carboxylic acid groups (broad SMARTS) is 1. The highest BCUT2D eigenvalue weighted by Gasteiger charge is 2.16. The molecule has 1 heterocycles. The molecule has 6 heteroatoms. The number of rotatable bonds is 3. The normalized spacial score (nSPS) is 12.3. The van der Waals surface area contributed by atoms with Crippen LogP contribution in [0, 0.1) is 0 Å². The van der Waals surface area contributed by atoms with Crippen molar-refractivity contribution >= 4 is 5.97 Å². The monoisotopic (exact) mass is 251 g/mol. The minimum absolute atomic E-state index is 0.121. The van der Waals surface area contributed by atoms with Crippen molar-refractivity contribution in [3.8, 4) is 17.0 Å². The fourth-order valence-corrected chi connectivity index (χ4v) is 1.51. The van der Waals surface area contributed by atoms with E-state index in [-0.39, 0.29) is 22.8 Å². The Balaban J connectivity index is 2.48. The summed E-state index contributed by atoms with van der Waals surface area (Å²) in [5.41, 5.74) is 0.739. The number of nitrogens with zero attached hydrogens (tertiary/aromatic N) is 1. The molecule has 2 N–H and O–H groups in total. The van der Waals surface area contributed by atoms with Gasteiger partial charge in [0.15, 0.2) is 0 Å². The van der Waals surface area contributed by atoms with Crippen molar-refractivity contribution in [3.05, 3.63) is 35.6 Å². The van der Waals surface area contributed by atoms with Gasteiger partial charge >= 0.3 is 5.97 Å². The van der Waals surface area contributed by atoms with Gasteiger partial charge in [0, 0.05) is 11.6 Å². The molecule has 0 saturated heterocycles. The summed E-state index contributed by atoms with van der Waals surface area (Å²) in [7, 11) is 0. The van der Waals surface area contributed by atoms with Crippen LogP contribution < -0.4 is 0 Å². The third-order valence-corrected chi connectivity index (χ3v) is 2.48. The van der Waals surface area contributed by atoms with Crippen molar-refractivity contribution in [2.45, 2.75) is 13.1 Å². The van der Waals surface area contributed by atoms with E-state index < -0.39 is 12.1 Å². The van der Waals surface area contributed by atoms with E-state index in [1.54, 1.807) is 0 Å². The Hall–Kier alpha value is -2.37. The number of phenolic OH excluding ortho intramolecular Hbond substituents is 1. The highest BCUT2D eigenvalue weighted by atomic mass is 19.1. The molecule has 0 radical (unpaired) electrons. The Bertz CT molecular complexity index is 592. The maximum atomic E-state index is 13.2. The fraction of sp³-hybridized carbons (Fsp3) is 0.167. The van der Waals surface area contributed by atoms with Gasteiger partial charge in [-0.15, -0.1) is 0 Å². The number of carboxylic acids is 1. The van der Waals surface area contributed by atoms with Crippen molar-refractivity contribution in [3.63, 3.8) is 0 Å². The van der Waals surface area contributed by atoms with E-state index in [9.17, 15) is 14.3 Å². The molecular weight excluding hydrogens is 241 g/mol. The zero-order valence-corrected chi connectivity index (χ0v) is 9.42. The van der Waals surface area contributed by atoms with E-state index in [4.69, 9.17) is 5.11 Å². The number of aromatic nitrogens is 1. The second-order valence-corrected chi connectivity index (χ2v) is 3.77. The molecule has 0 amide bonds. The number of phenols is 1. The van der Waals surface area contributed by atoms with Crippen LogP contribution in [0.3, 0.4) is 0 Å². The summed E-state index contributed by atoms with van der Waals surface area (Å²) in [6.07, 6.45) is -1.20. The van der Waals surface area contributed by atoms with Crippen LogP contribution in [0.2, 0.25) is 0 Å². The Kier molecular flexibility index (Phi) is 3.01. The Morgan fingerprint density at radius 3 is 2.72 bits per heavy atom. The molecule has 18 heavy (non-hydrogen) atoms. The summed E-state index contributed by atoms with van der Waals surface area (Å²) in [6, 6.07) is 5.35. The molecule has 5 nitrogen and oxygen atoms in total. The molecule has 1 aromatic heterocycles. The first-order chi connectivity index (χ1) is 8.49. The van der Waals surface area contributed by atoms with Gasteiger partial charge in [-0.2, -0.15) is 0 Å². The maximum Gasteiger partial charge on any atom is 0.374 e. The SMILES string of the molecule is CC(F)c1ccc(O)c(-c2cc(C(=O)O)on2)c1. The summed E-state index contributed by atoms with van der Waals surface area (Å²) < 4.78 is 17.8. The Morgan fingerprint density at radius 2 is 2.17 bits per heavy atom. The molecule has 0 aliphatic carbocycles. The molecule has 0 saturated carbocycles. The lowest BCUT2D eigenvalue weighted by Crippen LogP contribution is -1.91. The van der Waals surface area contributed by atoms with Crippen molar-refractivity contribution in [1.82, 2.24) is 5.16 Å². The highest BCUT2D eigenvalue weighted by Crippen LogP contribution is 2.32. The van der Waals surface area contributed by atoms with Crippen LogP contribution >= 0.6 is 0 Å². The van der Waals surface area contributed by atoms with Crippen LogP contribution in [0.4, 0.5) is 4.39 Å². The van der Waals surface area contributed by atoms with E-state index in [1.165, 1.54) is 31.2 Å². The summed E-state index contributed by atoms with van der Waals surface area (Å²) in [6.45, 7) is 1.36. The zero-order chi connectivity index (χ0) is 13.3. The van der Waals surface area contributed by atoms with Crippen molar-refractivity contribution < 1.29 is 23.9 Å². The zero-order valence-electron chi connectivity index (χ0n) is 9.42. The third kappa shape index (κ3) is 2.17. The molecule has 1 unspecified atom stereocenters. The number of halogens is 1. The van der Waals surface area contributed by atoms with Crippen molar-refractivity contribution in [1.29, 1.82) is 0 Å². The molecule has 2 aromatic rings. The Labute approximate surface area is 101 Å². The first kappa shape index (κ1) is 12.1. The smallest absolute Gasteiger partial charge is 0.374 e. The lowest BCUT2D eigenvalue weighted by molar-refractivity contribution is 0.0652. The van der Waals surface area contributed by atoms with E-state index in [2.05, 4.69) is 9.68 Å². The minimum Gasteiger partial charge on any atom is -0.507 e. The average Bonchev–Trinajstić information content (AvgIpc) is 2.78. The first-order valence-electron chi connectivity index (χ1n) is 5.16. The number of alkyl halides is 1. The summed E-state index contributed by atoms with van der Waals surface area (Å²) in [5.74, 6) is -1.73. The van der Waals surface area contributed by atoms with Crippen molar-refractivity contribution in [2.75, 3.05) is 0 Å². The number of benzene rings is 1. The largest absolute Gasteiger partial charge is 0.507 e. The van der Waals surface area contributed by atoms with Gasteiger partial charge in [-0.1, -0.05) is 11.2 Å². The van der Waals surface area contributed by atoms with Crippen LogP contribution in [0.1, 0.15) is 29.2 Å². The molecule has 0 aliphatic rings. The number of aromatic hydroxyl groups is 1. The summed E-state index contributed by atoms with van der Waals surface area (Å²) in [4.78, 5) is 10.6. The lowest BCUT2D eigenvalue weighted by Gasteiger charge is -2.05. The van der Waals surface area contributed by atoms with Gasteiger partial charge in [0.2, 0.25) is 5.76 Å². The topological polar surface area (TPSA) is 83.6 Å². The average molecular weight is 251 g/mol. The molecule has 94 valence electrons.